The van der Waals surface area contributed by atoms with Crippen molar-refractivity contribution in [3.05, 3.63) is 28.8 Å². The minimum atomic E-state index is -0.506. The summed E-state index contributed by atoms with van der Waals surface area (Å²) >= 11 is 6.07. The summed E-state index contributed by atoms with van der Waals surface area (Å²) in [6.45, 7) is 4.42. The Morgan fingerprint density at radius 3 is 2.95 bits per heavy atom. The van der Waals surface area contributed by atoms with Crippen LogP contribution in [0.25, 0.3) is 0 Å². The van der Waals surface area contributed by atoms with E-state index in [4.69, 9.17) is 22.1 Å². The van der Waals surface area contributed by atoms with Crippen molar-refractivity contribution in [3.8, 4) is 0 Å². The Bertz CT molecular complexity index is 519. The summed E-state index contributed by atoms with van der Waals surface area (Å²) in [4.78, 5) is 14.2. The molecule has 1 unspecified atom stereocenters. The molecule has 1 fully saturated rings. The molecule has 110 valence electrons. The van der Waals surface area contributed by atoms with Crippen molar-refractivity contribution in [1.82, 2.24) is 4.90 Å². The Hall–Kier alpha value is -1.30. The highest BCUT2D eigenvalue weighted by molar-refractivity contribution is 6.34. The van der Waals surface area contributed by atoms with E-state index in [1.165, 1.54) is 0 Å². The number of aliphatic hydroxyl groups excluding tert-OH is 1. The molecule has 20 heavy (non-hydrogen) atoms. The zero-order chi connectivity index (χ0) is 14.9. The van der Waals surface area contributed by atoms with E-state index in [-0.39, 0.29) is 18.6 Å². The number of hydrogen-bond acceptors (Lipinski definition) is 4. The standard InChI is InChI=1S/C14H19ClN2O3/c1-14(2)8-17(6-10(7-18)20-14)13(19)11-5-9(16)3-4-12(11)15/h3-5,10,18H,6-8,16H2,1-2H3. The van der Waals surface area contributed by atoms with Crippen LogP contribution < -0.4 is 5.73 Å². The predicted molar refractivity (Wildman–Crippen MR) is 77.8 cm³/mol. The van der Waals surface area contributed by atoms with Gasteiger partial charge in [-0.15, -0.1) is 0 Å². The molecule has 1 atom stereocenters. The van der Waals surface area contributed by atoms with Gasteiger partial charge in [0.05, 0.1) is 28.9 Å². The third kappa shape index (κ3) is 3.23. The van der Waals surface area contributed by atoms with Crippen LogP contribution in [0, 0.1) is 0 Å². The van der Waals surface area contributed by atoms with Crippen molar-refractivity contribution in [2.45, 2.75) is 25.6 Å². The molecule has 0 aliphatic carbocycles. The second-order valence-electron chi connectivity index (χ2n) is 5.61. The lowest BCUT2D eigenvalue weighted by Crippen LogP contribution is -2.55. The minimum absolute atomic E-state index is 0.127. The largest absolute Gasteiger partial charge is 0.399 e. The van der Waals surface area contributed by atoms with Gasteiger partial charge in [0, 0.05) is 18.8 Å². The Morgan fingerprint density at radius 2 is 2.30 bits per heavy atom. The van der Waals surface area contributed by atoms with Gasteiger partial charge in [-0.3, -0.25) is 4.79 Å². The van der Waals surface area contributed by atoms with Crippen molar-refractivity contribution in [2.75, 3.05) is 25.4 Å². The number of rotatable bonds is 2. The first kappa shape index (κ1) is 15.1. The molecular formula is C14H19ClN2O3. The number of carbonyl (C=O) groups is 1. The first-order valence-electron chi connectivity index (χ1n) is 6.45. The maximum atomic E-state index is 12.6. The fourth-order valence-corrected chi connectivity index (χ4v) is 2.62. The fraction of sp³-hybridized carbons (Fsp3) is 0.500. The second kappa shape index (κ2) is 5.60. The first-order chi connectivity index (χ1) is 9.32. The van der Waals surface area contributed by atoms with Crippen LogP contribution in [0.15, 0.2) is 18.2 Å². The number of ether oxygens (including phenoxy) is 1. The highest BCUT2D eigenvalue weighted by atomic mass is 35.5. The highest BCUT2D eigenvalue weighted by Crippen LogP contribution is 2.25. The summed E-state index contributed by atoms with van der Waals surface area (Å²) in [7, 11) is 0. The molecule has 3 N–H and O–H groups in total. The predicted octanol–water partition coefficient (Wildman–Crippen LogP) is 1.53. The Balaban J connectivity index is 2.25. The number of amides is 1. The van der Waals surface area contributed by atoms with Crippen molar-refractivity contribution >= 4 is 23.2 Å². The van der Waals surface area contributed by atoms with E-state index in [1.54, 1.807) is 23.1 Å². The molecule has 0 saturated carbocycles. The van der Waals surface area contributed by atoms with Crippen LogP contribution in [0.5, 0.6) is 0 Å². The van der Waals surface area contributed by atoms with Gasteiger partial charge in [0.15, 0.2) is 0 Å². The Kier molecular flexibility index (Phi) is 4.22. The molecule has 0 aromatic heterocycles. The minimum Gasteiger partial charge on any atom is -0.399 e. The molecule has 6 heteroatoms. The zero-order valence-electron chi connectivity index (χ0n) is 11.6. The molecule has 1 saturated heterocycles. The lowest BCUT2D eigenvalue weighted by atomic mass is 10.0. The number of halogens is 1. The van der Waals surface area contributed by atoms with Crippen LogP contribution in [0.4, 0.5) is 5.69 Å². The van der Waals surface area contributed by atoms with Crippen LogP contribution in [-0.2, 0) is 4.74 Å². The molecule has 1 amide bonds. The SMILES string of the molecule is CC1(C)CN(C(=O)c2cc(N)ccc2Cl)CC(CO)O1. The van der Waals surface area contributed by atoms with Crippen molar-refractivity contribution in [2.24, 2.45) is 0 Å². The maximum Gasteiger partial charge on any atom is 0.255 e. The van der Waals surface area contributed by atoms with Gasteiger partial charge in [0.25, 0.3) is 5.91 Å². The average Bonchev–Trinajstić information content (AvgIpc) is 2.38. The number of carbonyl (C=O) groups excluding carboxylic acids is 1. The zero-order valence-corrected chi connectivity index (χ0v) is 12.4. The van der Waals surface area contributed by atoms with Gasteiger partial charge in [0.1, 0.15) is 0 Å². The van der Waals surface area contributed by atoms with Gasteiger partial charge in [0.2, 0.25) is 0 Å². The van der Waals surface area contributed by atoms with Crippen LogP contribution in [0.1, 0.15) is 24.2 Å². The number of nitrogens with two attached hydrogens (primary N) is 1. The topological polar surface area (TPSA) is 75.8 Å². The molecule has 1 aromatic rings. The van der Waals surface area contributed by atoms with Gasteiger partial charge in [-0.2, -0.15) is 0 Å². The van der Waals surface area contributed by atoms with E-state index in [0.29, 0.717) is 29.4 Å². The lowest BCUT2D eigenvalue weighted by Gasteiger charge is -2.42. The summed E-state index contributed by atoms with van der Waals surface area (Å²) in [6.07, 6.45) is -0.387. The summed E-state index contributed by atoms with van der Waals surface area (Å²) in [5.41, 5.74) is 6.07. The Labute approximate surface area is 123 Å². The third-order valence-electron chi connectivity index (χ3n) is 3.19. The van der Waals surface area contributed by atoms with Crippen molar-refractivity contribution in [1.29, 1.82) is 0 Å². The van der Waals surface area contributed by atoms with E-state index in [0.717, 1.165) is 0 Å². The summed E-state index contributed by atoms with van der Waals surface area (Å²) in [6, 6.07) is 4.83. The molecule has 2 rings (SSSR count). The quantitative estimate of drug-likeness (QED) is 0.812. The Morgan fingerprint density at radius 1 is 1.60 bits per heavy atom. The van der Waals surface area contributed by atoms with Gasteiger partial charge in [-0.25, -0.2) is 0 Å². The van der Waals surface area contributed by atoms with Crippen LogP contribution in [0.2, 0.25) is 5.02 Å². The summed E-state index contributed by atoms with van der Waals surface area (Å²) in [5.74, 6) is -0.197. The normalized spacial score (nSPS) is 21.8. The average molecular weight is 299 g/mol. The molecule has 1 heterocycles. The smallest absolute Gasteiger partial charge is 0.255 e. The van der Waals surface area contributed by atoms with E-state index in [9.17, 15) is 9.90 Å². The maximum absolute atomic E-state index is 12.6. The van der Waals surface area contributed by atoms with E-state index < -0.39 is 5.60 Å². The van der Waals surface area contributed by atoms with Crippen LogP contribution in [0.3, 0.4) is 0 Å². The molecule has 1 aliphatic heterocycles. The number of benzene rings is 1. The molecule has 0 radical (unpaired) electrons. The summed E-state index contributed by atoms with van der Waals surface area (Å²) < 4.78 is 5.69. The molecule has 0 bridgehead atoms. The van der Waals surface area contributed by atoms with Gasteiger partial charge < -0.3 is 20.5 Å². The van der Waals surface area contributed by atoms with Gasteiger partial charge in [-0.05, 0) is 32.0 Å². The fourth-order valence-electron chi connectivity index (χ4n) is 2.42. The second-order valence-corrected chi connectivity index (χ2v) is 6.01. The van der Waals surface area contributed by atoms with Crippen LogP contribution in [-0.4, -0.2) is 47.3 Å². The van der Waals surface area contributed by atoms with E-state index in [1.807, 2.05) is 13.8 Å². The summed E-state index contributed by atoms with van der Waals surface area (Å²) in [5, 5.41) is 9.65. The molecule has 1 aromatic carbocycles. The highest BCUT2D eigenvalue weighted by Gasteiger charge is 2.36. The number of morpholine rings is 1. The van der Waals surface area contributed by atoms with Crippen molar-refractivity contribution in [3.63, 3.8) is 0 Å². The van der Waals surface area contributed by atoms with Crippen LogP contribution >= 0.6 is 11.6 Å². The molecule has 0 spiro atoms. The first-order valence-corrected chi connectivity index (χ1v) is 6.83. The number of hydrogen-bond donors (Lipinski definition) is 2. The van der Waals surface area contributed by atoms with E-state index >= 15 is 0 Å². The lowest BCUT2D eigenvalue weighted by molar-refractivity contribution is -0.139. The van der Waals surface area contributed by atoms with Crippen molar-refractivity contribution < 1.29 is 14.6 Å². The van der Waals surface area contributed by atoms with Gasteiger partial charge in [-0.1, -0.05) is 11.6 Å². The monoisotopic (exact) mass is 298 g/mol. The number of nitrogens with zero attached hydrogens (tertiary/aromatic N) is 1. The number of aliphatic hydroxyl groups is 1. The molecule has 1 aliphatic rings. The number of anilines is 1. The molecular weight excluding hydrogens is 280 g/mol. The van der Waals surface area contributed by atoms with E-state index in [2.05, 4.69) is 0 Å². The van der Waals surface area contributed by atoms with Gasteiger partial charge >= 0.3 is 0 Å². The molecule has 5 nitrogen and oxygen atoms in total. The third-order valence-corrected chi connectivity index (χ3v) is 3.52. The number of nitrogen functional groups attached to an aromatic ring is 1.